The van der Waals surface area contributed by atoms with Crippen LogP contribution in [0.15, 0.2) is 41.4 Å². The SMILES string of the molecule is C=C1CCCCN1S(=O)(=O)c1ccc(C)cc1. The van der Waals surface area contributed by atoms with Crippen LogP contribution in [-0.2, 0) is 10.0 Å². The average molecular weight is 251 g/mol. The predicted molar refractivity (Wildman–Crippen MR) is 68.1 cm³/mol. The fraction of sp³-hybridized carbons (Fsp3) is 0.385. The number of benzene rings is 1. The van der Waals surface area contributed by atoms with Gasteiger partial charge in [0.05, 0.1) is 4.90 Å². The molecule has 2 rings (SSSR count). The van der Waals surface area contributed by atoms with E-state index < -0.39 is 10.0 Å². The van der Waals surface area contributed by atoms with Crippen LogP contribution in [0.5, 0.6) is 0 Å². The first-order chi connectivity index (χ1) is 8.01. The zero-order chi connectivity index (χ0) is 12.5. The Morgan fingerprint density at radius 3 is 2.41 bits per heavy atom. The van der Waals surface area contributed by atoms with Gasteiger partial charge in [0.1, 0.15) is 0 Å². The number of allylic oxidation sites excluding steroid dienone is 1. The van der Waals surface area contributed by atoms with E-state index in [1.807, 2.05) is 19.1 Å². The van der Waals surface area contributed by atoms with Crippen molar-refractivity contribution in [3.05, 3.63) is 42.1 Å². The van der Waals surface area contributed by atoms with Gasteiger partial charge in [-0.3, -0.25) is 4.31 Å². The Kier molecular flexibility index (Phi) is 3.24. The summed E-state index contributed by atoms with van der Waals surface area (Å²) in [5, 5.41) is 0. The minimum absolute atomic E-state index is 0.353. The van der Waals surface area contributed by atoms with Crippen molar-refractivity contribution in [3.8, 4) is 0 Å². The summed E-state index contributed by atoms with van der Waals surface area (Å²) in [5.41, 5.74) is 1.76. The highest BCUT2D eigenvalue weighted by Gasteiger charge is 2.27. The summed E-state index contributed by atoms with van der Waals surface area (Å²) in [4.78, 5) is 0.353. The van der Waals surface area contributed by atoms with Crippen molar-refractivity contribution < 1.29 is 8.42 Å². The second kappa shape index (κ2) is 4.53. The molecular weight excluding hydrogens is 234 g/mol. The lowest BCUT2D eigenvalue weighted by Crippen LogP contribution is -2.33. The Morgan fingerprint density at radius 2 is 1.82 bits per heavy atom. The van der Waals surface area contributed by atoms with Crippen LogP contribution in [0.4, 0.5) is 0 Å². The van der Waals surface area contributed by atoms with Crippen molar-refractivity contribution in [1.82, 2.24) is 4.31 Å². The van der Waals surface area contributed by atoms with Gasteiger partial charge in [0.15, 0.2) is 0 Å². The van der Waals surface area contributed by atoms with Gasteiger partial charge in [-0.1, -0.05) is 24.3 Å². The van der Waals surface area contributed by atoms with E-state index in [0.29, 0.717) is 17.1 Å². The molecule has 17 heavy (non-hydrogen) atoms. The molecule has 1 aliphatic heterocycles. The molecule has 1 aromatic rings. The van der Waals surface area contributed by atoms with Gasteiger partial charge in [0.2, 0.25) is 0 Å². The molecule has 0 amide bonds. The molecular formula is C13H17NO2S. The van der Waals surface area contributed by atoms with Gasteiger partial charge in [0, 0.05) is 12.2 Å². The van der Waals surface area contributed by atoms with Gasteiger partial charge >= 0.3 is 0 Å². The second-order valence-electron chi connectivity index (χ2n) is 4.41. The van der Waals surface area contributed by atoms with Crippen LogP contribution in [0.3, 0.4) is 0 Å². The van der Waals surface area contributed by atoms with Crippen LogP contribution < -0.4 is 0 Å². The van der Waals surface area contributed by atoms with Gasteiger partial charge in [-0.2, -0.15) is 0 Å². The molecule has 0 aromatic heterocycles. The fourth-order valence-corrected chi connectivity index (χ4v) is 3.53. The molecule has 0 radical (unpaired) electrons. The normalized spacial score (nSPS) is 17.2. The van der Waals surface area contributed by atoms with Crippen molar-refractivity contribution in [3.63, 3.8) is 0 Å². The predicted octanol–water partition coefficient (Wildman–Crippen LogP) is 2.68. The maximum absolute atomic E-state index is 12.4. The van der Waals surface area contributed by atoms with Crippen molar-refractivity contribution in [2.45, 2.75) is 31.1 Å². The van der Waals surface area contributed by atoms with E-state index in [2.05, 4.69) is 6.58 Å². The second-order valence-corrected chi connectivity index (χ2v) is 6.28. The highest BCUT2D eigenvalue weighted by molar-refractivity contribution is 7.89. The molecule has 0 bridgehead atoms. The average Bonchev–Trinajstić information content (AvgIpc) is 2.30. The molecule has 0 saturated carbocycles. The number of hydrogen-bond acceptors (Lipinski definition) is 2. The van der Waals surface area contributed by atoms with Crippen LogP contribution in [-0.4, -0.2) is 19.3 Å². The van der Waals surface area contributed by atoms with E-state index in [4.69, 9.17) is 0 Å². The van der Waals surface area contributed by atoms with Crippen LogP contribution in [0, 0.1) is 6.92 Å². The van der Waals surface area contributed by atoms with E-state index in [0.717, 1.165) is 24.8 Å². The molecule has 1 aromatic carbocycles. The quantitative estimate of drug-likeness (QED) is 0.810. The monoisotopic (exact) mass is 251 g/mol. The Morgan fingerprint density at radius 1 is 1.18 bits per heavy atom. The van der Waals surface area contributed by atoms with E-state index in [1.54, 1.807) is 12.1 Å². The van der Waals surface area contributed by atoms with Crippen LogP contribution in [0.1, 0.15) is 24.8 Å². The Hall–Kier alpha value is -1.29. The topological polar surface area (TPSA) is 37.4 Å². The van der Waals surface area contributed by atoms with Crippen molar-refractivity contribution >= 4 is 10.0 Å². The number of sulfonamides is 1. The first kappa shape index (κ1) is 12.2. The van der Waals surface area contributed by atoms with Gasteiger partial charge in [-0.25, -0.2) is 8.42 Å². The maximum atomic E-state index is 12.4. The fourth-order valence-electron chi connectivity index (χ4n) is 1.99. The smallest absolute Gasteiger partial charge is 0.264 e. The highest BCUT2D eigenvalue weighted by atomic mass is 32.2. The first-order valence-corrected chi connectivity index (χ1v) is 7.23. The molecule has 1 fully saturated rings. The lowest BCUT2D eigenvalue weighted by molar-refractivity contribution is 0.410. The van der Waals surface area contributed by atoms with E-state index in [9.17, 15) is 8.42 Å². The number of nitrogens with zero attached hydrogens (tertiary/aromatic N) is 1. The third-order valence-electron chi connectivity index (χ3n) is 3.04. The third-order valence-corrected chi connectivity index (χ3v) is 4.93. The van der Waals surface area contributed by atoms with Crippen LogP contribution in [0.25, 0.3) is 0 Å². The lowest BCUT2D eigenvalue weighted by Gasteiger charge is -2.30. The zero-order valence-corrected chi connectivity index (χ0v) is 10.8. The van der Waals surface area contributed by atoms with Gasteiger partial charge in [-0.05, 0) is 38.3 Å². The summed E-state index contributed by atoms with van der Waals surface area (Å²) in [6, 6.07) is 6.96. The first-order valence-electron chi connectivity index (χ1n) is 5.79. The summed E-state index contributed by atoms with van der Waals surface area (Å²) < 4.78 is 26.2. The molecule has 1 saturated heterocycles. The number of hydrogen-bond donors (Lipinski definition) is 0. The van der Waals surface area contributed by atoms with E-state index in [1.165, 1.54) is 4.31 Å². The molecule has 0 spiro atoms. The standard InChI is InChI=1S/C13H17NO2S/c1-11-6-8-13(9-7-11)17(15,16)14-10-4-3-5-12(14)2/h6-9H,2-5,10H2,1H3. The number of aryl methyl sites for hydroxylation is 1. The molecule has 0 aliphatic carbocycles. The summed E-state index contributed by atoms with van der Waals surface area (Å²) >= 11 is 0. The molecule has 0 N–H and O–H groups in total. The number of rotatable bonds is 2. The maximum Gasteiger partial charge on any atom is 0.264 e. The van der Waals surface area contributed by atoms with Crippen molar-refractivity contribution in [2.75, 3.05) is 6.54 Å². The number of piperidine rings is 1. The van der Waals surface area contributed by atoms with Crippen molar-refractivity contribution in [2.24, 2.45) is 0 Å². The van der Waals surface area contributed by atoms with Gasteiger partial charge in [-0.15, -0.1) is 0 Å². The molecule has 3 nitrogen and oxygen atoms in total. The molecule has 0 atom stereocenters. The zero-order valence-electron chi connectivity index (χ0n) is 10.0. The molecule has 0 unspecified atom stereocenters. The minimum atomic E-state index is -3.39. The van der Waals surface area contributed by atoms with Crippen molar-refractivity contribution in [1.29, 1.82) is 0 Å². The minimum Gasteiger partial charge on any atom is -0.271 e. The Bertz CT molecular complexity index is 517. The molecule has 1 heterocycles. The van der Waals surface area contributed by atoms with Gasteiger partial charge in [0.25, 0.3) is 10.0 Å². The van der Waals surface area contributed by atoms with Crippen LogP contribution in [0.2, 0.25) is 0 Å². The highest BCUT2D eigenvalue weighted by Crippen LogP contribution is 2.26. The summed E-state index contributed by atoms with van der Waals surface area (Å²) in [6.45, 7) is 6.34. The van der Waals surface area contributed by atoms with Gasteiger partial charge < -0.3 is 0 Å². The summed E-state index contributed by atoms with van der Waals surface area (Å²) in [6.07, 6.45) is 2.70. The summed E-state index contributed by atoms with van der Waals surface area (Å²) in [5.74, 6) is 0. The Balaban J connectivity index is 2.35. The lowest BCUT2D eigenvalue weighted by atomic mass is 10.1. The summed E-state index contributed by atoms with van der Waals surface area (Å²) in [7, 11) is -3.39. The molecule has 92 valence electrons. The molecule has 1 aliphatic rings. The van der Waals surface area contributed by atoms with E-state index in [-0.39, 0.29) is 0 Å². The van der Waals surface area contributed by atoms with Crippen LogP contribution >= 0.6 is 0 Å². The Labute approximate surface area is 103 Å². The third kappa shape index (κ3) is 2.36. The van der Waals surface area contributed by atoms with E-state index >= 15 is 0 Å². The molecule has 4 heteroatoms. The largest absolute Gasteiger partial charge is 0.271 e.